The second-order valence-corrected chi connectivity index (χ2v) is 5.43. The van der Waals surface area contributed by atoms with Crippen LogP contribution >= 0.6 is 11.8 Å². The first-order valence-electron chi connectivity index (χ1n) is 5.95. The highest BCUT2D eigenvalue weighted by atomic mass is 32.2. The minimum Gasteiger partial charge on any atom is -0.354 e. The first kappa shape index (κ1) is 13.0. The third-order valence-corrected chi connectivity index (χ3v) is 3.94. The van der Waals surface area contributed by atoms with E-state index >= 15 is 0 Å². The Kier molecular flexibility index (Phi) is 4.64. The number of hydrogen-bond donors (Lipinski definition) is 2. The van der Waals surface area contributed by atoms with Crippen LogP contribution in [-0.2, 0) is 16.1 Å². The molecule has 0 aliphatic carbocycles. The van der Waals surface area contributed by atoms with Crippen LogP contribution in [0.3, 0.4) is 0 Å². The van der Waals surface area contributed by atoms with Crippen molar-refractivity contribution in [3.8, 4) is 0 Å². The van der Waals surface area contributed by atoms with E-state index in [1.807, 2.05) is 30.3 Å². The Morgan fingerprint density at radius 3 is 2.89 bits per heavy atom. The molecule has 1 saturated heterocycles. The van der Waals surface area contributed by atoms with E-state index < -0.39 is 0 Å². The standard InChI is InChI=1S/C13H16N2O2S/c16-12(8-11-13(17)14-6-7-18-11)15-9-10-4-2-1-3-5-10/h1-5,11H,6-9H2,(H,14,17)(H,15,16)/t11-/m0/s1. The molecule has 1 fully saturated rings. The largest absolute Gasteiger partial charge is 0.354 e. The highest BCUT2D eigenvalue weighted by Gasteiger charge is 2.24. The maximum absolute atomic E-state index is 11.7. The molecule has 18 heavy (non-hydrogen) atoms. The van der Waals surface area contributed by atoms with Crippen molar-refractivity contribution in [2.75, 3.05) is 12.3 Å². The minimum absolute atomic E-state index is 0.0267. The third-order valence-electron chi connectivity index (χ3n) is 2.72. The normalized spacial score (nSPS) is 19.1. The molecule has 96 valence electrons. The number of thioether (sulfide) groups is 1. The average Bonchev–Trinajstić information content (AvgIpc) is 2.40. The molecule has 1 aliphatic heterocycles. The van der Waals surface area contributed by atoms with Gasteiger partial charge in [-0.25, -0.2) is 0 Å². The molecule has 2 rings (SSSR count). The van der Waals surface area contributed by atoms with Gasteiger partial charge in [-0.2, -0.15) is 0 Å². The van der Waals surface area contributed by atoms with Crippen molar-refractivity contribution in [3.63, 3.8) is 0 Å². The molecule has 1 heterocycles. The molecule has 1 aliphatic rings. The minimum atomic E-state index is -0.241. The molecule has 0 saturated carbocycles. The first-order chi connectivity index (χ1) is 8.75. The van der Waals surface area contributed by atoms with Crippen LogP contribution in [0.2, 0.25) is 0 Å². The fourth-order valence-corrected chi connectivity index (χ4v) is 2.76. The quantitative estimate of drug-likeness (QED) is 0.850. The number of hydrogen-bond acceptors (Lipinski definition) is 3. The Morgan fingerprint density at radius 2 is 2.17 bits per heavy atom. The summed E-state index contributed by atoms with van der Waals surface area (Å²) >= 11 is 1.55. The lowest BCUT2D eigenvalue weighted by Gasteiger charge is -2.20. The monoisotopic (exact) mass is 264 g/mol. The van der Waals surface area contributed by atoms with E-state index in [2.05, 4.69) is 10.6 Å². The van der Waals surface area contributed by atoms with Crippen molar-refractivity contribution in [2.24, 2.45) is 0 Å². The summed E-state index contributed by atoms with van der Waals surface area (Å²) in [5.74, 6) is 0.775. The zero-order valence-electron chi connectivity index (χ0n) is 10.0. The second-order valence-electron chi connectivity index (χ2n) is 4.12. The molecule has 0 radical (unpaired) electrons. The molecule has 2 N–H and O–H groups in total. The number of carbonyl (C=O) groups excluding carboxylic acids is 2. The molecule has 0 bridgehead atoms. The van der Waals surface area contributed by atoms with Crippen LogP contribution < -0.4 is 10.6 Å². The molecule has 5 heteroatoms. The van der Waals surface area contributed by atoms with Gasteiger partial charge in [-0.1, -0.05) is 30.3 Å². The Morgan fingerprint density at radius 1 is 1.39 bits per heavy atom. The van der Waals surface area contributed by atoms with Gasteiger partial charge in [0.05, 0.1) is 5.25 Å². The van der Waals surface area contributed by atoms with Crippen molar-refractivity contribution >= 4 is 23.6 Å². The topological polar surface area (TPSA) is 58.2 Å². The van der Waals surface area contributed by atoms with E-state index in [0.29, 0.717) is 13.1 Å². The van der Waals surface area contributed by atoms with Gasteiger partial charge in [0.15, 0.2) is 0 Å². The molecule has 0 unspecified atom stereocenters. The average molecular weight is 264 g/mol. The Labute approximate surface area is 111 Å². The van der Waals surface area contributed by atoms with Crippen LogP contribution in [0.25, 0.3) is 0 Å². The summed E-state index contributed by atoms with van der Waals surface area (Å²) in [6.45, 7) is 1.21. The summed E-state index contributed by atoms with van der Waals surface area (Å²) in [6.07, 6.45) is 0.253. The van der Waals surface area contributed by atoms with Crippen molar-refractivity contribution in [2.45, 2.75) is 18.2 Å². The molecule has 0 aromatic heterocycles. The molecule has 1 aromatic rings. The molecule has 0 spiro atoms. The highest BCUT2D eigenvalue weighted by molar-refractivity contribution is 8.00. The van der Waals surface area contributed by atoms with E-state index in [9.17, 15) is 9.59 Å². The van der Waals surface area contributed by atoms with Gasteiger partial charge in [0.1, 0.15) is 0 Å². The zero-order chi connectivity index (χ0) is 12.8. The summed E-state index contributed by atoms with van der Waals surface area (Å²) in [5, 5.41) is 5.36. The van der Waals surface area contributed by atoms with Crippen LogP contribution in [0.4, 0.5) is 0 Å². The zero-order valence-corrected chi connectivity index (χ0v) is 10.8. The van der Waals surface area contributed by atoms with Gasteiger partial charge >= 0.3 is 0 Å². The molecule has 1 aromatic carbocycles. The number of nitrogens with one attached hydrogen (secondary N) is 2. The van der Waals surface area contributed by atoms with Gasteiger partial charge in [-0.3, -0.25) is 9.59 Å². The molecular weight excluding hydrogens is 248 g/mol. The van der Waals surface area contributed by atoms with Crippen LogP contribution in [0.5, 0.6) is 0 Å². The predicted molar refractivity (Wildman–Crippen MR) is 72.2 cm³/mol. The van der Waals surface area contributed by atoms with E-state index in [0.717, 1.165) is 11.3 Å². The van der Waals surface area contributed by atoms with Crippen LogP contribution in [0, 0.1) is 0 Å². The van der Waals surface area contributed by atoms with Crippen LogP contribution in [0.1, 0.15) is 12.0 Å². The first-order valence-corrected chi connectivity index (χ1v) is 7.00. The molecular formula is C13H16N2O2S. The summed E-state index contributed by atoms with van der Waals surface area (Å²) in [7, 11) is 0. The molecule has 2 amide bonds. The van der Waals surface area contributed by atoms with Crippen LogP contribution in [0.15, 0.2) is 30.3 Å². The lowest BCUT2D eigenvalue weighted by Crippen LogP contribution is -2.41. The van der Waals surface area contributed by atoms with Gasteiger partial charge in [0, 0.05) is 25.3 Å². The van der Waals surface area contributed by atoms with Gasteiger partial charge < -0.3 is 10.6 Å². The Hall–Kier alpha value is -1.49. The number of benzene rings is 1. The number of rotatable bonds is 4. The van der Waals surface area contributed by atoms with E-state index in [1.165, 1.54) is 0 Å². The van der Waals surface area contributed by atoms with Crippen molar-refractivity contribution in [3.05, 3.63) is 35.9 Å². The molecule has 1 atom stereocenters. The van der Waals surface area contributed by atoms with Gasteiger partial charge in [-0.15, -0.1) is 11.8 Å². The highest BCUT2D eigenvalue weighted by Crippen LogP contribution is 2.17. The van der Waals surface area contributed by atoms with Crippen LogP contribution in [-0.4, -0.2) is 29.4 Å². The molecule has 4 nitrogen and oxygen atoms in total. The van der Waals surface area contributed by atoms with E-state index in [1.54, 1.807) is 11.8 Å². The lowest BCUT2D eigenvalue weighted by atomic mass is 10.2. The van der Waals surface area contributed by atoms with Gasteiger partial charge in [-0.05, 0) is 5.56 Å². The summed E-state index contributed by atoms with van der Waals surface area (Å²) < 4.78 is 0. The lowest BCUT2D eigenvalue weighted by molar-refractivity contribution is -0.126. The van der Waals surface area contributed by atoms with Gasteiger partial charge in [0.25, 0.3) is 0 Å². The Balaban J connectivity index is 1.76. The Bertz CT molecular complexity index is 422. The van der Waals surface area contributed by atoms with Crippen molar-refractivity contribution < 1.29 is 9.59 Å². The second kappa shape index (κ2) is 6.44. The summed E-state index contributed by atoms with van der Waals surface area (Å²) in [6, 6.07) is 9.73. The third kappa shape index (κ3) is 3.77. The van der Waals surface area contributed by atoms with Gasteiger partial charge in [0.2, 0.25) is 11.8 Å². The number of amides is 2. The summed E-state index contributed by atoms with van der Waals surface area (Å²) in [5.41, 5.74) is 1.06. The van der Waals surface area contributed by atoms with Crippen molar-refractivity contribution in [1.29, 1.82) is 0 Å². The van der Waals surface area contributed by atoms with Crippen molar-refractivity contribution in [1.82, 2.24) is 10.6 Å². The predicted octanol–water partition coefficient (Wildman–Crippen LogP) is 0.924. The number of carbonyl (C=O) groups is 2. The SMILES string of the molecule is O=C(C[C@@H]1SCCNC1=O)NCc1ccccc1. The van der Waals surface area contributed by atoms with E-state index in [-0.39, 0.29) is 23.5 Å². The maximum atomic E-state index is 11.7. The fraction of sp³-hybridized carbons (Fsp3) is 0.385. The smallest absolute Gasteiger partial charge is 0.233 e. The summed E-state index contributed by atoms with van der Waals surface area (Å²) in [4.78, 5) is 23.2. The fourth-order valence-electron chi connectivity index (χ4n) is 1.75. The maximum Gasteiger partial charge on any atom is 0.233 e. The van der Waals surface area contributed by atoms with E-state index in [4.69, 9.17) is 0 Å².